The third-order valence-corrected chi connectivity index (χ3v) is 4.87. The number of unbranched alkanes of at least 4 members (excludes halogenated alkanes) is 6. The number of para-hydroxylation sites is 1. The van der Waals surface area contributed by atoms with Crippen molar-refractivity contribution in [3.63, 3.8) is 0 Å². The maximum atomic E-state index is 13.1. The smallest absolute Gasteiger partial charge is 0.273 e. The number of nitrogens with zero attached hydrogens (tertiary/aromatic N) is 3. The van der Waals surface area contributed by atoms with Crippen LogP contribution in [0.4, 0.5) is 0 Å². The minimum atomic E-state index is -0.164. The molecular weight excluding hydrogens is 338 g/mol. The summed E-state index contributed by atoms with van der Waals surface area (Å²) in [5.41, 5.74) is 0.518. The molecule has 0 saturated heterocycles. The van der Waals surface area contributed by atoms with Crippen LogP contribution in [0.25, 0.3) is 10.9 Å². The summed E-state index contributed by atoms with van der Waals surface area (Å²) < 4.78 is 1.51. The molecule has 1 aromatic carbocycles. The summed E-state index contributed by atoms with van der Waals surface area (Å²) in [5.74, 6) is 0.553. The van der Waals surface area contributed by atoms with E-state index in [1.165, 1.54) is 43.7 Å². The molecule has 0 unspecified atom stereocenters. The quantitative estimate of drug-likeness (QED) is 0.566. The standard InChI is InChI=1S/C22H33N3O2/c1-5-6-7-8-9-10-13-16-24(18(4)26)25-21(17(2)3)23-20-15-12-11-14-19(20)22(25)27/h11-12,14-15,17H,5-10,13,16H2,1-4H3. The van der Waals surface area contributed by atoms with Gasteiger partial charge in [-0.15, -0.1) is 0 Å². The lowest BCUT2D eigenvalue weighted by Crippen LogP contribution is -2.48. The number of carbonyl (C=O) groups excluding carboxylic acids is 1. The van der Waals surface area contributed by atoms with Gasteiger partial charge < -0.3 is 0 Å². The van der Waals surface area contributed by atoms with E-state index >= 15 is 0 Å². The fourth-order valence-electron chi connectivity index (χ4n) is 3.36. The Hall–Kier alpha value is -2.17. The van der Waals surface area contributed by atoms with Crippen LogP contribution in [0.2, 0.25) is 0 Å². The Bertz CT molecular complexity index is 811. The number of benzene rings is 1. The predicted octanol–water partition coefficient (Wildman–Crippen LogP) is 4.76. The molecule has 0 radical (unpaired) electrons. The molecule has 5 heteroatoms. The van der Waals surface area contributed by atoms with Crippen molar-refractivity contribution in [2.45, 2.75) is 78.6 Å². The lowest BCUT2D eigenvalue weighted by molar-refractivity contribution is -0.118. The highest BCUT2D eigenvalue weighted by Crippen LogP contribution is 2.16. The summed E-state index contributed by atoms with van der Waals surface area (Å²) >= 11 is 0. The number of carbonyl (C=O) groups is 1. The first kappa shape index (κ1) is 21.1. The SMILES string of the molecule is CCCCCCCCCN(C(C)=O)n1c(C(C)C)nc2ccccc2c1=O. The van der Waals surface area contributed by atoms with E-state index in [-0.39, 0.29) is 17.4 Å². The first-order valence-corrected chi connectivity index (χ1v) is 10.3. The van der Waals surface area contributed by atoms with E-state index in [4.69, 9.17) is 0 Å². The molecule has 0 spiro atoms. The Kier molecular flexibility index (Phi) is 8.01. The van der Waals surface area contributed by atoms with Gasteiger partial charge in [0.25, 0.3) is 5.56 Å². The van der Waals surface area contributed by atoms with Crippen LogP contribution in [0.1, 0.15) is 84.4 Å². The van der Waals surface area contributed by atoms with Crippen LogP contribution >= 0.6 is 0 Å². The van der Waals surface area contributed by atoms with Crippen molar-refractivity contribution in [2.24, 2.45) is 0 Å². The van der Waals surface area contributed by atoms with E-state index in [9.17, 15) is 9.59 Å². The van der Waals surface area contributed by atoms with Crippen LogP contribution in [0.5, 0.6) is 0 Å². The summed E-state index contributed by atoms with van der Waals surface area (Å²) in [5, 5.41) is 2.12. The van der Waals surface area contributed by atoms with Crippen molar-refractivity contribution in [3.05, 3.63) is 40.4 Å². The molecule has 5 nitrogen and oxygen atoms in total. The van der Waals surface area contributed by atoms with Gasteiger partial charge in [-0.05, 0) is 18.6 Å². The van der Waals surface area contributed by atoms with Gasteiger partial charge in [0.15, 0.2) is 0 Å². The fourth-order valence-corrected chi connectivity index (χ4v) is 3.36. The molecule has 1 aromatic heterocycles. The molecule has 27 heavy (non-hydrogen) atoms. The molecule has 1 amide bonds. The fraction of sp³-hybridized carbons (Fsp3) is 0.591. The number of hydrogen-bond acceptors (Lipinski definition) is 3. The van der Waals surface area contributed by atoms with Gasteiger partial charge in [0, 0.05) is 19.4 Å². The minimum Gasteiger partial charge on any atom is -0.273 e. The van der Waals surface area contributed by atoms with Gasteiger partial charge >= 0.3 is 0 Å². The van der Waals surface area contributed by atoms with Gasteiger partial charge in [-0.2, -0.15) is 4.68 Å². The number of aromatic nitrogens is 2. The van der Waals surface area contributed by atoms with E-state index in [1.54, 1.807) is 11.1 Å². The first-order valence-electron chi connectivity index (χ1n) is 10.3. The highest BCUT2D eigenvalue weighted by molar-refractivity contribution is 5.84. The van der Waals surface area contributed by atoms with Gasteiger partial charge in [0.2, 0.25) is 5.91 Å². The number of amides is 1. The molecule has 2 rings (SSSR count). The highest BCUT2D eigenvalue weighted by atomic mass is 16.2. The molecular formula is C22H33N3O2. The Morgan fingerprint density at radius 3 is 2.33 bits per heavy atom. The van der Waals surface area contributed by atoms with E-state index in [1.807, 2.05) is 32.0 Å². The molecule has 148 valence electrons. The van der Waals surface area contributed by atoms with Crippen molar-refractivity contribution in [2.75, 3.05) is 11.6 Å². The second kappa shape index (κ2) is 10.2. The van der Waals surface area contributed by atoms with E-state index < -0.39 is 0 Å². The van der Waals surface area contributed by atoms with Gasteiger partial charge in [-0.3, -0.25) is 9.59 Å². The van der Waals surface area contributed by atoms with E-state index in [2.05, 4.69) is 11.9 Å². The topological polar surface area (TPSA) is 55.2 Å². The van der Waals surface area contributed by atoms with Crippen LogP contribution in [0, 0.1) is 0 Å². The molecule has 0 atom stereocenters. The molecule has 1 heterocycles. The van der Waals surface area contributed by atoms with Gasteiger partial charge in [0.05, 0.1) is 10.9 Å². The number of rotatable bonds is 10. The summed E-state index contributed by atoms with van der Waals surface area (Å²) in [6, 6.07) is 7.34. The largest absolute Gasteiger partial charge is 0.280 e. The molecule has 0 aliphatic carbocycles. The Morgan fingerprint density at radius 2 is 1.70 bits per heavy atom. The Balaban J connectivity index is 2.24. The van der Waals surface area contributed by atoms with Crippen LogP contribution in [0.15, 0.2) is 29.1 Å². The van der Waals surface area contributed by atoms with Gasteiger partial charge in [-0.1, -0.05) is 71.4 Å². The third kappa shape index (κ3) is 5.41. The summed E-state index contributed by atoms with van der Waals surface area (Å²) in [6.07, 6.45) is 8.18. The molecule has 0 aliphatic rings. The molecule has 0 N–H and O–H groups in total. The molecule has 0 fully saturated rings. The lowest BCUT2D eigenvalue weighted by atomic mass is 10.1. The zero-order valence-electron chi connectivity index (χ0n) is 17.2. The van der Waals surface area contributed by atoms with Crippen molar-refractivity contribution in [3.8, 4) is 0 Å². The first-order chi connectivity index (χ1) is 13.0. The summed E-state index contributed by atoms with van der Waals surface area (Å²) in [6.45, 7) is 8.28. The molecule has 0 aliphatic heterocycles. The average molecular weight is 372 g/mol. The van der Waals surface area contributed by atoms with Gasteiger partial charge in [0.1, 0.15) is 5.82 Å². The van der Waals surface area contributed by atoms with Crippen molar-refractivity contribution >= 4 is 16.8 Å². The maximum Gasteiger partial charge on any atom is 0.280 e. The minimum absolute atomic E-state index is 0.0400. The zero-order chi connectivity index (χ0) is 19.8. The molecule has 2 aromatic rings. The number of fused-ring (bicyclic) bond motifs is 1. The van der Waals surface area contributed by atoms with Crippen molar-refractivity contribution in [1.82, 2.24) is 9.66 Å². The maximum absolute atomic E-state index is 13.1. The Labute approximate surface area is 162 Å². The second-order valence-electron chi connectivity index (χ2n) is 7.52. The highest BCUT2D eigenvalue weighted by Gasteiger charge is 2.21. The van der Waals surface area contributed by atoms with E-state index in [0.717, 1.165) is 12.8 Å². The summed E-state index contributed by atoms with van der Waals surface area (Å²) in [4.78, 5) is 30.2. The third-order valence-electron chi connectivity index (χ3n) is 4.87. The molecule has 0 saturated carbocycles. The van der Waals surface area contributed by atoms with Crippen molar-refractivity contribution in [1.29, 1.82) is 0 Å². The van der Waals surface area contributed by atoms with Gasteiger partial charge in [-0.25, -0.2) is 9.99 Å². The lowest BCUT2D eigenvalue weighted by Gasteiger charge is -2.27. The summed E-state index contributed by atoms with van der Waals surface area (Å²) in [7, 11) is 0. The molecule has 0 bridgehead atoms. The average Bonchev–Trinajstić information content (AvgIpc) is 2.64. The second-order valence-corrected chi connectivity index (χ2v) is 7.52. The monoisotopic (exact) mass is 371 g/mol. The van der Waals surface area contributed by atoms with E-state index in [0.29, 0.717) is 23.3 Å². The Morgan fingerprint density at radius 1 is 1.07 bits per heavy atom. The zero-order valence-corrected chi connectivity index (χ0v) is 17.2. The number of hydrogen-bond donors (Lipinski definition) is 0. The van der Waals surface area contributed by atoms with Crippen LogP contribution < -0.4 is 10.6 Å². The predicted molar refractivity (Wildman–Crippen MR) is 112 cm³/mol. The van der Waals surface area contributed by atoms with Crippen LogP contribution in [-0.4, -0.2) is 22.1 Å². The van der Waals surface area contributed by atoms with Crippen LogP contribution in [-0.2, 0) is 4.79 Å². The van der Waals surface area contributed by atoms with Crippen molar-refractivity contribution < 1.29 is 4.79 Å². The normalized spacial score (nSPS) is 11.3. The van der Waals surface area contributed by atoms with Crippen LogP contribution in [0.3, 0.4) is 0 Å².